The molecule has 0 spiro atoms. The molecule has 0 saturated heterocycles. The number of hydrogen-bond donors (Lipinski definition) is 1. The minimum atomic E-state index is -3.90. The van der Waals surface area contributed by atoms with Crippen molar-refractivity contribution in [2.24, 2.45) is 0 Å². The van der Waals surface area contributed by atoms with Gasteiger partial charge in [0.1, 0.15) is 17.3 Å². The lowest BCUT2D eigenvalue weighted by atomic mass is 10.1. The predicted molar refractivity (Wildman–Crippen MR) is 99.4 cm³/mol. The molecule has 0 unspecified atom stereocenters. The average Bonchev–Trinajstić information content (AvgIpc) is 2.61. The van der Waals surface area contributed by atoms with Gasteiger partial charge in [0.2, 0.25) is 10.0 Å². The SMILES string of the molecule is COC(=O)c1ccc(Cl)c(S(=O)(=O)NCCOc2cccc(C)c2C)c1. The maximum Gasteiger partial charge on any atom is 0.337 e. The summed E-state index contributed by atoms with van der Waals surface area (Å²) in [6.45, 7) is 4.11. The van der Waals surface area contributed by atoms with Gasteiger partial charge in [-0.1, -0.05) is 23.7 Å². The number of ether oxygens (including phenoxy) is 2. The monoisotopic (exact) mass is 397 g/mol. The van der Waals surface area contributed by atoms with Gasteiger partial charge in [-0.2, -0.15) is 0 Å². The lowest BCUT2D eigenvalue weighted by Crippen LogP contribution is -2.28. The maximum absolute atomic E-state index is 12.4. The molecule has 0 saturated carbocycles. The predicted octanol–water partition coefficient (Wildman–Crippen LogP) is 3.10. The summed E-state index contributed by atoms with van der Waals surface area (Å²) >= 11 is 5.97. The molecule has 2 aromatic rings. The molecule has 0 aliphatic carbocycles. The molecule has 8 heteroatoms. The lowest BCUT2D eigenvalue weighted by molar-refractivity contribution is 0.0600. The summed E-state index contributed by atoms with van der Waals surface area (Å²) in [5.41, 5.74) is 2.20. The van der Waals surface area contributed by atoms with Crippen molar-refractivity contribution in [3.63, 3.8) is 0 Å². The highest BCUT2D eigenvalue weighted by atomic mass is 35.5. The lowest BCUT2D eigenvalue weighted by Gasteiger charge is -2.12. The van der Waals surface area contributed by atoms with Crippen molar-refractivity contribution in [2.45, 2.75) is 18.7 Å². The molecule has 0 fully saturated rings. The van der Waals surface area contributed by atoms with E-state index < -0.39 is 16.0 Å². The van der Waals surface area contributed by atoms with Crippen molar-refractivity contribution in [1.82, 2.24) is 4.72 Å². The van der Waals surface area contributed by atoms with Gasteiger partial charge in [-0.25, -0.2) is 17.9 Å². The Balaban J connectivity index is 2.05. The fourth-order valence-electron chi connectivity index (χ4n) is 2.25. The van der Waals surface area contributed by atoms with Crippen molar-refractivity contribution in [1.29, 1.82) is 0 Å². The summed E-state index contributed by atoms with van der Waals surface area (Å²) in [4.78, 5) is 11.4. The fraction of sp³-hybridized carbons (Fsp3) is 0.278. The molecule has 1 N–H and O–H groups in total. The van der Waals surface area contributed by atoms with E-state index in [0.29, 0.717) is 5.75 Å². The molecule has 0 radical (unpaired) electrons. The van der Waals surface area contributed by atoms with Gasteiger partial charge in [-0.05, 0) is 49.2 Å². The van der Waals surface area contributed by atoms with Crippen LogP contribution in [0.2, 0.25) is 5.02 Å². The quantitative estimate of drug-likeness (QED) is 0.573. The largest absolute Gasteiger partial charge is 0.492 e. The van der Waals surface area contributed by atoms with Crippen molar-refractivity contribution >= 4 is 27.6 Å². The van der Waals surface area contributed by atoms with Gasteiger partial charge in [0.05, 0.1) is 17.7 Å². The van der Waals surface area contributed by atoms with Crippen LogP contribution in [0.4, 0.5) is 0 Å². The molecule has 0 atom stereocenters. The Morgan fingerprint density at radius 2 is 1.92 bits per heavy atom. The third-order valence-electron chi connectivity index (χ3n) is 3.85. The van der Waals surface area contributed by atoms with Crippen LogP contribution in [0.25, 0.3) is 0 Å². The standard InChI is InChI=1S/C18H20ClNO5S/c1-12-5-4-6-16(13(12)2)25-10-9-20-26(22,23)17-11-14(18(21)24-3)7-8-15(17)19/h4-8,11,20H,9-10H2,1-3H3. The number of aryl methyl sites for hydroxylation is 1. The summed E-state index contributed by atoms with van der Waals surface area (Å²) < 4.78 is 37.5. The zero-order valence-corrected chi connectivity index (χ0v) is 16.3. The summed E-state index contributed by atoms with van der Waals surface area (Å²) in [5, 5.41) is 0.0144. The number of sulfonamides is 1. The number of halogens is 1. The van der Waals surface area contributed by atoms with Crippen LogP contribution >= 0.6 is 11.6 Å². The second-order valence-corrected chi connectivity index (χ2v) is 7.72. The minimum Gasteiger partial charge on any atom is -0.492 e. The normalized spacial score (nSPS) is 11.2. The van der Waals surface area contributed by atoms with E-state index in [4.69, 9.17) is 16.3 Å². The topological polar surface area (TPSA) is 81.7 Å². The number of benzene rings is 2. The molecular weight excluding hydrogens is 378 g/mol. The Hall–Kier alpha value is -2.09. The molecule has 26 heavy (non-hydrogen) atoms. The van der Waals surface area contributed by atoms with Gasteiger partial charge in [0.15, 0.2) is 0 Å². The Morgan fingerprint density at radius 1 is 1.19 bits per heavy atom. The number of esters is 1. The van der Waals surface area contributed by atoms with Gasteiger partial charge in [0.25, 0.3) is 0 Å². The zero-order chi connectivity index (χ0) is 19.3. The number of methoxy groups -OCH3 is 1. The molecule has 140 valence electrons. The maximum atomic E-state index is 12.4. The third kappa shape index (κ3) is 4.75. The second kappa shape index (κ2) is 8.53. The van der Waals surface area contributed by atoms with Gasteiger partial charge in [0, 0.05) is 6.54 Å². The number of rotatable bonds is 7. The Kier molecular flexibility index (Phi) is 6.63. The molecule has 0 bridgehead atoms. The molecule has 2 aromatic carbocycles. The second-order valence-electron chi connectivity index (χ2n) is 5.58. The first-order chi connectivity index (χ1) is 12.3. The Labute approximate surface area is 158 Å². The van der Waals surface area contributed by atoms with Crippen LogP contribution in [0.3, 0.4) is 0 Å². The summed E-state index contributed by atoms with van der Waals surface area (Å²) in [7, 11) is -2.68. The van der Waals surface area contributed by atoms with Crippen LogP contribution < -0.4 is 9.46 Å². The Morgan fingerprint density at radius 3 is 2.62 bits per heavy atom. The average molecular weight is 398 g/mol. The molecule has 0 amide bonds. The van der Waals surface area contributed by atoms with Crippen LogP contribution in [-0.4, -0.2) is 34.6 Å². The molecule has 0 aliphatic rings. The number of carbonyl (C=O) groups is 1. The zero-order valence-electron chi connectivity index (χ0n) is 14.7. The van der Waals surface area contributed by atoms with Crippen molar-refractivity contribution in [3.05, 3.63) is 58.1 Å². The smallest absolute Gasteiger partial charge is 0.337 e. The highest BCUT2D eigenvalue weighted by Crippen LogP contribution is 2.23. The van der Waals surface area contributed by atoms with Crippen molar-refractivity contribution in [3.8, 4) is 5.75 Å². The van der Waals surface area contributed by atoms with Crippen LogP contribution in [0.15, 0.2) is 41.3 Å². The van der Waals surface area contributed by atoms with E-state index in [1.54, 1.807) is 0 Å². The number of hydrogen-bond acceptors (Lipinski definition) is 5. The van der Waals surface area contributed by atoms with E-state index in [1.165, 1.54) is 25.3 Å². The molecule has 2 rings (SSSR count). The number of nitrogens with one attached hydrogen (secondary N) is 1. The van der Waals surface area contributed by atoms with E-state index in [2.05, 4.69) is 9.46 Å². The van der Waals surface area contributed by atoms with E-state index in [-0.39, 0.29) is 28.6 Å². The molecular formula is C18H20ClNO5S. The molecule has 0 aromatic heterocycles. The van der Waals surface area contributed by atoms with Gasteiger partial charge in [-0.15, -0.1) is 0 Å². The molecule has 6 nitrogen and oxygen atoms in total. The van der Waals surface area contributed by atoms with Crippen molar-refractivity contribution < 1.29 is 22.7 Å². The summed E-state index contributed by atoms with van der Waals surface area (Å²) in [6, 6.07) is 9.60. The molecule has 0 heterocycles. The fourth-order valence-corrected chi connectivity index (χ4v) is 3.79. The number of carbonyl (C=O) groups excluding carboxylic acids is 1. The van der Waals surface area contributed by atoms with Crippen LogP contribution in [0.5, 0.6) is 5.75 Å². The first-order valence-electron chi connectivity index (χ1n) is 7.83. The van der Waals surface area contributed by atoms with Crippen molar-refractivity contribution in [2.75, 3.05) is 20.3 Å². The first-order valence-corrected chi connectivity index (χ1v) is 9.69. The van der Waals surface area contributed by atoms with Crippen LogP contribution in [-0.2, 0) is 14.8 Å². The summed E-state index contributed by atoms with van der Waals surface area (Å²) in [6.07, 6.45) is 0. The van der Waals surface area contributed by atoms with Gasteiger partial charge >= 0.3 is 5.97 Å². The minimum absolute atomic E-state index is 0.0144. The van der Waals surface area contributed by atoms with Crippen LogP contribution in [0, 0.1) is 13.8 Å². The third-order valence-corrected chi connectivity index (χ3v) is 5.79. The van der Waals surface area contributed by atoms with E-state index in [1.807, 2.05) is 32.0 Å². The van der Waals surface area contributed by atoms with E-state index in [9.17, 15) is 13.2 Å². The highest BCUT2D eigenvalue weighted by molar-refractivity contribution is 7.89. The highest BCUT2D eigenvalue weighted by Gasteiger charge is 2.20. The van der Waals surface area contributed by atoms with Crippen LogP contribution in [0.1, 0.15) is 21.5 Å². The Bertz CT molecular complexity index is 912. The van der Waals surface area contributed by atoms with Gasteiger partial charge in [-0.3, -0.25) is 0 Å². The van der Waals surface area contributed by atoms with Gasteiger partial charge < -0.3 is 9.47 Å². The first kappa shape index (κ1) is 20.2. The summed E-state index contributed by atoms with van der Waals surface area (Å²) in [5.74, 6) is 0.0614. The van der Waals surface area contributed by atoms with E-state index >= 15 is 0 Å². The molecule has 0 aliphatic heterocycles. The van der Waals surface area contributed by atoms with E-state index in [0.717, 1.165) is 11.1 Å².